The maximum atomic E-state index is 9.41. The standard InChI is InChI=1S/2C2H5O3P.Mg/c2*1-2-5-6(3)4;/h2*2H2,1H3;/q;;+2. The van der Waals surface area contributed by atoms with Crippen molar-refractivity contribution in [2.75, 3.05) is 13.2 Å². The summed E-state index contributed by atoms with van der Waals surface area (Å²) >= 11 is 0. The fraction of sp³-hybridized carbons (Fsp3) is 1.00. The Morgan fingerprint density at radius 2 is 1.23 bits per heavy atom. The van der Waals surface area contributed by atoms with E-state index >= 15 is 0 Å². The van der Waals surface area contributed by atoms with E-state index in [-0.39, 0.29) is 36.3 Å². The van der Waals surface area contributed by atoms with Crippen LogP contribution < -0.4 is 9.79 Å². The maximum absolute atomic E-state index is 9.41. The van der Waals surface area contributed by atoms with Crippen LogP contribution in [0.2, 0.25) is 0 Å². The molecule has 0 radical (unpaired) electrons. The molecular weight excluding hydrogens is 230 g/mol. The molecule has 0 bridgehead atoms. The van der Waals surface area contributed by atoms with Crippen LogP contribution in [0.15, 0.2) is 0 Å². The van der Waals surface area contributed by atoms with Crippen molar-refractivity contribution >= 4 is 39.6 Å². The second kappa shape index (κ2) is 15.3. The van der Waals surface area contributed by atoms with E-state index in [4.69, 9.17) is 0 Å². The fourth-order valence-corrected chi connectivity index (χ4v) is 0.632. The first-order chi connectivity index (χ1) is 5.54. The zero-order valence-corrected chi connectivity index (χ0v) is 10.7. The van der Waals surface area contributed by atoms with Gasteiger partial charge in [-0.25, -0.2) is 0 Å². The average Bonchev–Trinajstić information content (AvgIpc) is 1.87. The molecule has 0 fully saturated rings. The van der Waals surface area contributed by atoms with Gasteiger partial charge in [-0.15, -0.1) is 9.05 Å². The molecular formula is C4H10MgO6P2+2. The fourth-order valence-electron chi connectivity index (χ4n) is 0.211. The minimum Gasteiger partial charge on any atom is -0.566 e. The molecule has 6 nitrogen and oxygen atoms in total. The van der Waals surface area contributed by atoms with Gasteiger partial charge in [0.25, 0.3) is 0 Å². The molecule has 0 aromatic rings. The molecule has 9 heteroatoms. The molecule has 0 aromatic carbocycles. The summed E-state index contributed by atoms with van der Waals surface area (Å²) in [6, 6.07) is 0. The Kier molecular flexibility index (Phi) is 22.8. The normalized spacial score (nSPS) is 10.5. The van der Waals surface area contributed by atoms with Gasteiger partial charge in [-0.1, -0.05) is 0 Å². The molecule has 0 aliphatic rings. The molecule has 0 amide bonds. The third-order valence-corrected chi connectivity index (χ3v) is 1.41. The first-order valence-electron chi connectivity index (χ1n) is 3.09. The molecule has 0 spiro atoms. The second-order valence-corrected chi connectivity index (χ2v) is 2.69. The SMILES string of the molecule is CCO[P+](=O)[O-].CCO[P+](=O)[O-].[Mg+2]. The van der Waals surface area contributed by atoms with Crippen molar-refractivity contribution in [3.63, 3.8) is 0 Å². The van der Waals surface area contributed by atoms with E-state index in [1.165, 1.54) is 0 Å². The van der Waals surface area contributed by atoms with E-state index < -0.39 is 16.5 Å². The first-order valence-corrected chi connectivity index (χ1v) is 5.28. The van der Waals surface area contributed by atoms with Gasteiger partial charge in [-0.05, 0) is 23.0 Å². The smallest absolute Gasteiger partial charge is 0.566 e. The van der Waals surface area contributed by atoms with Crippen molar-refractivity contribution in [1.82, 2.24) is 0 Å². The molecule has 2 atom stereocenters. The summed E-state index contributed by atoms with van der Waals surface area (Å²) in [6.45, 7) is 3.70. The predicted molar refractivity (Wildman–Crippen MR) is 44.2 cm³/mol. The molecule has 72 valence electrons. The van der Waals surface area contributed by atoms with Crippen molar-refractivity contribution in [3.8, 4) is 0 Å². The van der Waals surface area contributed by atoms with E-state index in [1.807, 2.05) is 0 Å². The Morgan fingerprint density at radius 1 is 1.00 bits per heavy atom. The van der Waals surface area contributed by atoms with Gasteiger partial charge in [0.1, 0.15) is 0 Å². The summed E-state index contributed by atoms with van der Waals surface area (Å²) in [6.07, 6.45) is 0. The van der Waals surface area contributed by atoms with Crippen molar-refractivity contribution in [3.05, 3.63) is 0 Å². The third kappa shape index (κ3) is 32.3. The molecule has 13 heavy (non-hydrogen) atoms. The van der Waals surface area contributed by atoms with Gasteiger partial charge >= 0.3 is 39.6 Å². The van der Waals surface area contributed by atoms with Crippen molar-refractivity contribution in [2.45, 2.75) is 13.8 Å². The summed E-state index contributed by atoms with van der Waals surface area (Å²) < 4.78 is 26.8. The van der Waals surface area contributed by atoms with Gasteiger partial charge in [0.05, 0.1) is 13.2 Å². The molecule has 0 heterocycles. The molecule has 0 N–H and O–H groups in total. The Balaban J connectivity index is -0.000000143. The average molecular weight is 240 g/mol. The summed E-state index contributed by atoms with van der Waals surface area (Å²) in [7, 11) is -5.20. The third-order valence-electron chi connectivity index (χ3n) is 0.469. The zero-order valence-electron chi connectivity index (χ0n) is 7.47. The number of hydrogen-bond acceptors (Lipinski definition) is 6. The summed E-state index contributed by atoms with van der Waals surface area (Å²) in [5.74, 6) is 0. The van der Waals surface area contributed by atoms with Crippen LogP contribution in [-0.4, -0.2) is 36.3 Å². The monoisotopic (exact) mass is 240 g/mol. The second-order valence-electron chi connectivity index (χ2n) is 1.28. The van der Waals surface area contributed by atoms with Gasteiger partial charge in [-0.3, -0.25) is 0 Å². The van der Waals surface area contributed by atoms with Gasteiger partial charge in [0, 0.05) is 0 Å². The van der Waals surface area contributed by atoms with E-state index in [2.05, 4.69) is 9.05 Å². The van der Waals surface area contributed by atoms with Crippen LogP contribution >= 0.6 is 16.5 Å². The minimum absolute atomic E-state index is 0. The Bertz CT molecular complexity index is 127. The van der Waals surface area contributed by atoms with E-state index in [1.54, 1.807) is 13.8 Å². The molecule has 0 saturated carbocycles. The molecule has 0 aliphatic carbocycles. The molecule has 0 rings (SSSR count). The Morgan fingerprint density at radius 3 is 1.23 bits per heavy atom. The largest absolute Gasteiger partial charge is 2.00 e. The minimum atomic E-state index is -2.60. The Hall–Kier alpha value is 0.806. The van der Waals surface area contributed by atoms with Crippen molar-refractivity contribution in [1.29, 1.82) is 0 Å². The van der Waals surface area contributed by atoms with Gasteiger partial charge < -0.3 is 9.79 Å². The predicted octanol–water partition coefficient (Wildman–Crippen LogP) is -0.300. The van der Waals surface area contributed by atoms with E-state index in [0.717, 1.165) is 0 Å². The summed E-state index contributed by atoms with van der Waals surface area (Å²) in [4.78, 5) is 18.8. The quantitative estimate of drug-likeness (QED) is 0.494. The van der Waals surface area contributed by atoms with Gasteiger partial charge in [0.15, 0.2) is 0 Å². The van der Waals surface area contributed by atoms with Crippen LogP contribution in [0.4, 0.5) is 0 Å². The summed E-state index contributed by atoms with van der Waals surface area (Å²) in [5, 5.41) is 0. The van der Waals surface area contributed by atoms with Crippen LogP contribution in [0.3, 0.4) is 0 Å². The zero-order chi connectivity index (χ0) is 9.98. The Labute approximate surface area is 94.7 Å². The van der Waals surface area contributed by atoms with E-state index in [0.29, 0.717) is 0 Å². The molecule has 2 unspecified atom stereocenters. The molecule has 0 aliphatic heterocycles. The van der Waals surface area contributed by atoms with Crippen molar-refractivity contribution in [2.24, 2.45) is 0 Å². The molecule has 0 aromatic heterocycles. The maximum Gasteiger partial charge on any atom is 2.00 e. The topological polar surface area (TPSA) is 98.7 Å². The van der Waals surface area contributed by atoms with Gasteiger partial charge in [-0.2, -0.15) is 0 Å². The molecule has 0 saturated heterocycles. The number of hydrogen-bond donors (Lipinski definition) is 0. The van der Waals surface area contributed by atoms with Crippen LogP contribution in [0.25, 0.3) is 0 Å². The van der Waals surface area contributed by atoms with Crippen LogP contribution in [0.1, 0.15) is 13.8 Å². The van der Waals surface area contributed by atoms with Crippen LogP contribution in [0.5, 0.6) is 0 Å². The van der Waals surface area contributed by atoms with E-state index in [9.17, 15) is 18.9 Å². The van der Waals surface area contributed by atoms with Crippen LogP contribution in [-0.2, 0) is 18.2 Å². The van der Waals surface area contributed by atoms with Crippen molar-refractivity contribution < 1.29 is 28.0 Å². The van der Waals surface area contributed by atoms with Crippen LogP contribution in [0, 0.1) is 0 Å². The summed E-state index contributed by atoms with van der Waals surface area (Å²) in [5.41, 5.74) is 0. The number of rotatable bonds is 4. The van der Waals surface area contributed by atoms with Gasteiger partial charge in [0.2, 0.25) is 0 Å². The first kappa shape index (κ1) is 19.4.